The second-order valence-corrected chi connectivity index (χ2v) is 7.40. The van der Waals surface area contributed by atoms with Crippen LogP contribution in [0.25, 0.3) is 10.2 Å². The van der Waals surface area contributed by atoms with Crippen LogP contribution in [0.1, 0.15) is 29.3 Å². The fourth-order valence-corrected chi connectivity index (χ4v) is 4.96. The van der Waals surface area contributed by atoms with Gasteiger partial charge in [-0.3, -0.25) is 0 Å². The topological polar surface area (TPSA) is 24.9 Å². The Kier molecular flexibility index (Phi) is 3.17. The van der Waals surface area contributed by atoms with Crippen LogP contribution in [-0.4, -0.2) is 4.98 Å². The lowest BCUT2D eigenvalue weighted by Gasteiger charge is -2.23. The van der Waals surface area contributed by atoms with E-state index in [-0.39, 0.29) is 0 Å². The molecule has 3 aromatic rings. The van der Waals surface area contributed by atoms with E-state index in [1.165, 1.54) is 29.7 Å². The van der Waals surface area contributed by atoms with Crippen LogP contribution in [0.4, 0.5) is 5.13 Å². The summed E-state index contributed by atoms with van der Waals surface area (Å²) in [5.41, 5.74) is 2.43. The van der Waals surface area contributed by atoms with Crippen molar-refractivity contribution < 1.29 is 0 Å². The number of benzene rings is 1. The maximum Gasteiger partial charge on any atom is 0.184 e. The van der Waals surface area contributed by atoms with Crippen molar-refractivity contribution >= 4 is 49.6 Å². The summed E-state index contributed by atoms with van der Waals surface area (Å²) in [5.74, 6) is 0. The molecule has 1 unspecified atom stereocenters. The number of thiophene rings is 1. The molecule has 1 aliphatic rings. The Morgan fingerprint density at radius 3 is 3.15 bits per heavy atom. The van der Waals surface area contributed by atoms with Gasteiger partial charge in [-0.05, 0) is 48.4 Å². The van der Waals surface area contributed by atoms with Crippen LogP contribution < -0.4 is 5.32 Å². The number of anilines is 1. The van der Waals surface area contributed by atoms with E-state index in [0.717, 1.165) is 20.4 Å². The fourth-order valence-electron chi connectivity index (χ4n) is 2.76. The number of halogens is 1. The van der Waals surface area contributed by atoms with E-state index < -0.39 is 0 Å². The van der Waals surface area contributed by atoms with Gasteiger partial charge in [0.15, 0.2) is 5.13 Å². The van der Waals surface area contributed by atoms with Gasteiger partial charge in [0.2, 0.25) is 0 Å². The Labute approximate surface area is 130 Å². The summed E-state index contributed by atoms with van der Waals surface area (Å²) in [6.45, 7) is 0. The Morgan fingerprint density at radius 2 is 2.25 bits per heavy atom. The predicted molar refractivity (Wildman–Crippen MR) is 88.3 cm³/mol. The minimum atomic E-state index is 0.393. The van der Waals surface area contributed by atoms with E-state index in [1.807, 2.05) is 29.5 Å². The number of nitrogens with one attached hydrogen (secondary N) is 1. The lowest BCUT2D eigenvalue weighted by molar-refractivity contribution is 0.608. The van der Waals surface area contributed by atoms with Gasteiger partial charge < -0.3 is 5.32 Å². The van der Waals surface area contributed by atoms with Gasteiger partial charge in [-0.15, -0.1) is 11.3 Å². The summed E-state index contributed by atoms with van der Waals surface area (Å²) in [5, 5.41) is 7.54. The van der Waals surface area contributed by atoms with Gasteiger partial charge in [-0.1, -0.05) is 29.0 Å². The molecule has 2 nitrogen and oxygen atoms in total. The number of hydrogen-bond acceptors (Lipinski definition) is 4. The van der Waals surface area contributed by atoms with Crippen molar-refractivity contribution in [3.05, 3.63) is 45.1 Å². The standard InChI is InChI=1S/C15H13ClN2S2/c16-10-3-1-5-12-14(10)20-15(18-12)17-11-4-2-6-13-9(11)7-8-19-13/h1,3,5,7-8,11H,2,4,6H2,(H,17,18). The second kappa shape index (κ2) is 5.02. The quantitative estimate of drug-likeness (QED) is 0.674. The molecule has 0 amide bonds. The van der Waals surface area contributed by atoms with Gasteiger partial charge in [0.25, 0.3) is 0 Å². The third-order valence-electron chi connectivity index (χ3n) is 3.72. The number of aryl methyl sites for hydroxylation is 1. The molecule has 0 fully saturated rings. The van der Waals surface area contributed by atoms with Crippen LogP contribution in [0, 0.1) is 0 Å². The van der Waals surface area contributed by atoms with Crippen LogP contribution >= 0.6 is 34.3 Å². The number of hydrogen-bond donors (Lipinski definition) is 1. The SMILES string of the molecule is Clc1cccc2nc(NC3CCCc4sccc43)sc12. The highest BCUT2D eigenvalue weighted by atomic mass is 35.5. The van der Waals surface area contributed by atoms with E-state index in [0.29, 0.717) is 6.04 Å². The van der Waals surface area contributed by atoms with Crippen molar-refractivity contribution in [2.75, 3.05) is 5.32 Å². The van der Waals surface area contributed by atoms with Crippen molar-refractivity contribution in [3.8, 4) is 0 Å². The van der Waals surface area contributed by atoms with Gasteiger partial charge in [0.1, 0.15) is 0 Å². The zero-order chi connectivity index (χ0) is 13.5. The second-order valence-electron chi connectivity index (χ2n) is 5.00. The van der Waals surface area contributed by atoms with Gasteiger partial charge in [0, 0.05) is 4.88 Å². The lowest BCUT2D eigenvalue weighted by atomic mass is 9.94. The Balaban J connectivity index is 1.67. The summed E-state index contributed by atoms with van der Waals surface area (Å²) >= 11 is 9.73. The molecule has 0 saturated carbocycles. The molecule has 1 aliphatic carbocycles. The average Bonchev–Trinajstić information content (AvgIpc) is 3.06. The molecule has 2 aromatic heterocycles. The van der Waals surface area contributed by atoms with Crippen molar-refractivity contribution in [1.29, 1.82) is 0 Å². The zero-order valence-electron chi connectivity index (χ0n) is 10.7. The molecule has 20 heavy (non-hydrogen) atoms. The van der Waals surface area contributed by atoms with E-state index in [9.17, 15) is 0 Å². The molecule has 5 heteroatoms. The molecule has 1 N–H and O–H groups in total. The molecule has 0 spiro atoms. The Hall–Kier alpha value is -1.10. The van der Waals surface area contributed by atoms with Crippen molar-refractivity contribution in [2.45, 2.75) is 25.3 Å². The first-order valence-electron chi connectivity index (χ1n) is 6.69. The average molecular weight is 321 g/mol. The van der Waals surface area contributed by atoms with Crippen LogP contribution in [0.2, 0.25) is 5.02 Å². The molecule has 4 rings (SSSR count). The van der Waals surface area contributed by atoms with Crippen LogP contribution in [0.5, 0.6) is 0 Å². The largest absolute Gasteiger partial charge is 0.355 e. The van der Waals surface area contributed by atoms with E-state index in [2.05, 4.69) is 21.7 Å². The summed E-state index contributed by atoms with van der Waals surface area (Å²) in [6.07, 6.45) is 3.64. The number of aromatic nitrogens is 1. The molecule has 0 aliphatic heterocycles. The molecule has 0 bridgehead atoms. The summed E-state index contributed by atoms with van der Waals surface area (Å²) < 4.78 is 1.07. The molecule has 1 aromatic carbocycles. The van der Waals surface area contributed by atoms with Crippen LogP contribution in [0.3, 0.4) is 0 Å². The number of rotatable bonds is 2. The maximum absolute atomic E-state index is 6.22. The van der Waals surface area contributed by atoms with Crippen LogP contribution in [-0.2, 0) is 6.42 Å². The summed E-state index contributed by atoms with van der Waals surface area (Å²) in [4.78, 5) is 6.17. The molecular formula is C15H13ClN2S2. The monoisotopic (exact) mass is 320 g/mol. The van der Waals surface area contributed by atoms with Gasteiger partial charge in [0.05, 0.1) is 21.3 Å². The summed E-state index contributed by atoms with van der Waals surface area (Å²) in [7, 11) is 0. The third kappa shape index (κ3) is 2.12. The molecule has 102 valence electrons. The van der Waals surface area contributed by atoms with E-state index >= 15 is 0 Å². The Bertz CT molecular complexity index is 762. The van der Waals surface area contributed by atoms with E-state index in [1.54, 1.807) is 11.3 Å². The highest BCUT2D eigenvalue weighted by Gasteiger charge is 2.22. The lowest BCUT2D eigenvalue weighted by Crippen LogP contribution is -2.15. The molecule has 2 heterocycles. The van der Waals surface area contributed by atoms with Crippen molar-refractivity contribution in [1.82, 2.24) is 4.98 Å². The molecule has 0 saturated heterocycles. The Morgan fingerprint density at radius 1 is 1.30 bits per heavy atom. The fraction of sp³-hybridized carbons (Fsp3) is 0.267. The van der Waals surface area contributed by atoms with Crippen molar-refractivity contribution in [2.24, 2.45) is 0 Å². The number of thiazole rings is 1. The maximum atomic E-state index is 6.22. The first kappa shape index (κ1) is 12.6. The summed E-state index contributed by atoms with van der Waals surface area (Å²) in [6, 6.07) is 8.52. The number of nitrogens with zero attached hydrogens (tertiary/aromatic N) is 1. The first-order valence-corrected chi connectivity index (χ1v) is 8.76. The predicted octanol–water partition coefficient (Wildman–Crippen LogP) is 5.50. The zero-order valence-corrected chi connectivity index (χ0v) is 13.1. The molecule has 1 atom stereocenters. The normalized spacial score (nSPS) is 18.1. The van der Waals surface area contributed by atoms with Crippen molar-refractivity contribution in [3.63, 3.8) is 0 Å². The smallest absolute Gasteiger partial charge is 0.184 e. The minimum absolute atomic E-state index is 0.393. The van der Waals surface area contributed by atoms with Crippen LogP contribution in [0.15, 0.2) is 29.6 Å². The third-order valence-corrected chi connectivity index (χ3v) is 6.18. The number of fused-ring (bicyclic) bond motifs is 2. The molecular weight excluding hydrogens is 308 g/mol. The minimum Gasteiger partial charge on any atom is -0.355 e. The highest BCUT2D eigenvalue weighted by molar-refractivity contribution is 7.22. The van der Waals surface area contributed by atoms with Gasteiger partial charge in [-0.2, -0.15) is 0 Å². The first-order chi connectivity index (χ1) is 9.81. The van der Waals surface area contributed by atoms with Gasteiger partial charge >= 0.3 is 0 Å². The highest BCUT2D eigenvalue weighted by Crippen LogP contribution is 2.38. The molecule has 0 radical (unpaired) electrons. The van der Waals surface area contributed by atoms with Gasteiger partial charge in [-0.25, -0.2) is 4.98 Å². The van der Waals surface area contributed by atoms with E-state index in [4.69, 9.17) is 11.6 Å².